The first-order chi connectivity index (χ1) is 14.0. The highest BCUT2D eigenvalue weighted by molar-refractivity contribution is 5.81. The molecule has 4 rings (SSSR count). The maximum atomic E-state index is 12.5. The van der Waals surface area contributed by atoms with Crippen molar-refractivity contribution < 1.29 is 14.6 Å². The van der Waals surface area contributed by atoms with Crippen molar-refractivity contribution in [3.8, 4) is 17.3 Å². The Labute approximate surface area is 170 Å². The average Bonchev–Trinajstić information content (AvgIpc) is 3.36. The standard InChI is InChI=1S/C21H27N5O3/c1-26(12-19(28)23-16-7-4-8-18(16)27)21-14-5-3-6-15(14)24-20(25-21)17-11-13(29-2)9-10-22-17/h9-11,16,18,27H,3-8,12H2,1-2H3,(H,23,28). The Morgan fingerprint density at radius 3 is 2.93 bits per heavy atom. The number of amides is 1. The van der Waals surface area contributed by atoms with Crippen LogP contribution in [0.15, 0.2) is 18.3 Å². The number of carbonyl (C=O) groups is 1. The van der Waals surface area contributed by atoms with Crippen molar-refractivity contribution >= 4 is 11.7 Å². The molecule has 2 aliphatic rings. The summed E-state index contributed by atoms with van der Waals surface area (Å²) >= 11 is 0. The fraction of sp³-hybridized carbons (Fsp3) is 0.524. The number of ether oxygens (including phenoxy) is 1. The molecule has 2 unspecified atom stereocenters. The van der Waals surface area contributed by atoms with E-state index in [2.05, 4.69) is 10.3 Å². The van der Waals surface area contributed by atoms with Gasteiger partial charge in [-0.15, -0.1) is 0 Å². The zero-order valence-electron chi connectivity index (χ0n) is 16.9. The number of likely N-dealkylation sites (N-methyl/N-ethyl adjacent to an activating group) is 1. The van der Waals surface area contributed by atoms with Gasteiger partial charge >= 0.3 is 0 Å². The van der Waals surface area contributed by atoms with Gasteiger partial charge in [0, 0.05) is 30.6 Å². The van der Waals surface area contributed by atoms with E-state index in [0.29, 0.717) is 17.3 Å². The van der Waals surface area contributed by atoms with Crippen LogP contribution in [0.25, 0.3) is 11.5 Å². The molecule has 29 heavy (non-hydrogen) atoms. The van der Waals surface area contributed by atoms with Crippen molar-refractivity contribution in [1.82, 2.24) is 20.3 Å². The van der Waals surface area contributed by atoms with E-state index in [1.54, 1.807) is 19.4 Å². The lowest BCUT2D eigenvalue weighted by atomic mass is 10.2. The van der Waals surface area contributed by atoms with Crippen LogP contribution >= 0.6 is 0 Å². The van der Waals surface area contributed by atoms with Crippen molar-refractivity contribution in [3.05, 3.63) is 29.6 Å². The van der Waals surface area contributed by atoms with Crippen molar-refractivity contribution in [2.24, 2.45) is 0 Å². The lowest BCUT2D eigenvalue weighted by Crippen LogP contribution is -2.44. The summed E-state index contributed by atoms with van der Waals surface area (Å²) < 4.78 is 5.29. The highest BCUT2D eigenvalue weighted by atomic mass is 16.5. The van der Waals surface area contributed by atoms with Crippen LogP contribution < -0.4 is 15.0 Å². The molecule has 0 aromatic carbocycles. The van der Waals surface area contributed by atoms with E-state index in [1.807, 2.05) is 18.0 Å². The number of pyridine rings is 1. The molecule has 2 aromatic heterocycles. The van der Waals surface area contributed by atoms with E-state index < -0.39 is 6.10 Å². The molecule has 0 radical (unpaired) electrons. The van der Waals surface area contributed by atoms with Crippen LogP contribution in [0.5, 0.6) is 5.75 Å². The summed E-state index contributed by atoms with van der Waals surface area (Å²) in [4.78, 5) is 28.3. The molecule has 154 valence electrons. The van der Waals surface area contributed by atoms with E-state index in [1.165, 1.54) is 0 Å². The van der Waals surface area contributed by atoms with E-state index in [-0.39, 0.29) is 18.5 Å². The number of aliphatic hydroxyl groups is 1. The minimum absolute atomic E-state index is 0.107. The molecule has 1 amide bonds. The van der Waals surface area contributed by atoms with Crippen molar-refractivity contribution in [1.29, 1.82) is 0 Å². The summed E-state index contributed by atoms with van der Waals surface area (Å²) in [6.45, 7) is 0.178. The second-order valence-electron chi connectivity index (χ2n) is 7.76. The third kappa shape index (κ3) is 4.17. The molecule has 8 heteroatoms. The second kappa shape index (κ2) is 8.32. The van der Waals surface area contributed by atoms with E-state index in [4.69, 9.17) is 14.7 Å². The minimum Gasteiger partial charge on any atom is -0.497 e. The quantitative estimate of drug-likeness (QED) is 0.762. The number of hydrogen-bond donors (Lipinski definition) is 2. The van der Waals surface area contributed by atoms with Crippen LogP contribution in [0.4, 0.5) is 5.82 Å². The lowest BCUT2D eigenvalue weighted by molar-refractivity contribution is -0.121. The fourth-order valence-corrected chi connectivity index (χ4v) is 4.15. The number of fused-ring (bicyclic) bond motifs is 1. The Balaban J connectivity index is 1.57. The first-order valence-electron chi connectivity index (χ1n) is 10.1. The maximum absolute atomic E-state index is 12.5. The number of aliphatic hydroxyl groups excluding tert-OH is 1. The van der Waals surface area contributed by atoms with Crippen molar-refractivity contribution in [2.45, 2.75) is 50.7 Å². The van der Waals surface area contributed by atoms with Crippen LogP contribution in [-0.4, -0.2) is 58.8 Å². The van der Waals surface area contributed by atoms with E-state index in [9.17, 15) is 9.90 Å². The van der Waals surface area contributed by atoms with Gasteiger partial charge in [0.05, 0.1) is 25.8 Å². The second-order valence-corrected chi connectivity index (χ2v) is 7.76. The number of hydrogen-bond acceptors (Lipinski definition) is 7. The number of carbonyl (C=O) groups excluding carboxylic acids is 1. The number of nitrogens with one attached hydrogen (secondary N) is 1. The van der Waals surface area contributed by atoms with Crippen molar-refractivity contribution in [3.63, 3.8) is 0 Å². The van der Waals surface area contributed by atoms with E-state index in [0.717, 1.165) is 55.6 Å². The zero-order valence-corrected chi connectivity index (χ0v) is 16.9. The van der Waals surface area contributed by atoms with Crippen LogP contribution in [-0.2, 0) is 17.6 Å². The summed E-state index contributed by atoms with van der Waals surface area (Å²) in [7, 11) is 3.48. The summed E-state index contributed by atoms with van der Waals surface area (Å²) in [5.41, 5.74) is 2.77. The number of nitrogens with zero attached hydrogens (tertiary/aromatic N) is 4. The number of anilines is 1. The molecule has 0 spiro atoms. The van der Waals surface area contributed by atoms with Gasteiger partial charge in [-0.25, -0.2) is 9.97 Å². The van der Waals surface area contributed by atoms with Gasteiger partial charge in [0.25, 0.3) is 0 Å². The van der Waals surface area contributed by atoms with E-state index >= 15 is 0 Å². The summed E-state index contributed by atoms with van der Waals surface area (Å²) in [5.74, 6) is 1.90. The molecular weight excluding hydrogens is 370 g/mol. The molecule has 2 N–H and O–H groups in total. The molecule has 1 saturated carbocycles. The third-order valence-corrected chi connectivity index (χ3v) is 5.68. The predicted molar refractivity (Wildman–Crippen MR) is 109 cm³/mol. The molecule has 0 aliphatic heterocycles. The molecular formula is C21H27N5O3. The zero-order chi connectivity index (χ0) is 20.4. The van der Waals surface area contributed by atoms with Gasteiger partial charge in [0.2, 0.25) is 5.91 Å². The third-order valence-electron chi connectivity index (χ3n) is 5.68. The Bertz CT molecular complexity index is 904. The molecule has 2 aliphatic carbocycles. The van der Waals surface area contributed by atoms with Gasteiger partial charge in [-0.1, -0.05) is 0 Å². The van der Waals surface area contributed by atoms with Gasteiger partial charge in [0.1, 0.15) is 17.3 Å². The molecule has 2 atom stereocenters. The summed E-state index contributed by atoms with van der Waals surface area (Å²) in [6, 6.07) is 3.45. The number of aromatic nitrogens is 3. The minimum atomic E-state index is -0.446. The molecule has 0 saturated heterocycles. The smallest absolute Gasteiger partial charge is 0.239 e. The SMILES string of the molecule is COc1ccnc(-c2nc3c(c(N(C)CC(=O)NC4CCCC4O)n2)CCC3)c1. The van der Waals surface area contributed by atoms with Gasteiger partial charge in [-0.2, -0.15) is 0 Å². The van der Waals surface area contributed by atoms with Gasteiger partial charge in [-0.3, -0.25) is 9.78 Å². The van der Waals surface area contributed by atoms with Crippen molar-refractivity contribution in [2.75, 3.05) is 25.6 Å². The molecule has 2 heterocycles. The van der Waals surface area contributed by atoms with Crippen LogP contribution in [0.3, 0.4) is 0 Å². The number of rotatable bonds is 6. The largest absolute Gasteiger partial charge is 0.497 e. The first kappa shape index (κ1) is 19.6. The highest BCUT2D eigenvalue weighted by Crippen LogP contribution is 2.31. The molecule has 8 nitrogen and oxygen atoms in total. The van der Waals surface area contributed by atoms with Gasteiger partial charge < -0.3 is 20.1 Å². The summed E-state index contributed by atoms with van der Waals surface area (Å²) in [6.07, 6.45) is 6.58. The Morgan fingerprint density at radius 2 is 2.17 bits per heavy atom. The Hall–Kier alpha value is -2.74. The maximum Gasteiger partial charge on any atom is 0.239 e. The Morgan fingerprint density at radius 1 is 1.31 bits per heavy atom. The summed E-state index contributed by atoms with van der Waals surface area (Å²) in [5, 5.41) is 12.9. The van der Waals surface area contributed by atoms with Crippen LogP contribution in [0.1, 0.15) is 36.9 Å². The van der Waals surface area contributed by atoms with Crippen LogP contribution in [0, 0.1) is 0 Å². The van der Waals surface area contributed by atoms with Crippen LogP contribution in [0.2, 0.25) is 0 Å². The topological polar surface area (TPSA) is 100 Å². The fourth-order valence-electron chi connectivity index (χ4n) is 4.15. The number of aryl methyl sites for hydroxylation is 1. The Kier molecular flexibility index (Phi) is 5.62. The first-order valence-corrected chi connectivity index (χ1v) is 10.1. The molecule has 1 fully saturated rings. The lowest BCUT2D eigenvalue weighted by Gasteiger charge is -2.23. The van der Waals surface area contributed by atoms with Gasteiger partial charge in [0.15, 0.2) is 5.82 Å². The predicted octanol–water partition coefficient (Wildman–Crippen LogP) is 1.50. The molecule has 0 bridgehead atoms. The monoisotopic (exact) mass is 397 g/mol. The normalized spacial score (nSPS) is 20.4. The highest BCUT2D eigenvalue weighted by Gasteiger charge is 2.28. The molecule has 2 aromatic rings. The average molecular weight is 397 g/mol. The van der Waals surface area contributed by atoms with Gasteiger partial charge in [-0.05, 0) is 44.6 Å². The number of methoxy groups -OCH3 is 1.